The summed E-state index contributed by atoms with van der Waals surface area (Å²) in [6, 6.07) is 16.2. The van der Waals surface area contributed by atoms with Crippen molar-refractivity contribution < 1.29 is 9.53 Å². The molecule has 0 saturated carbocycles. The average molecular weight is 367 g/mol. The molecule has 1 saturated heterocycles. The molecule has 3 rings (SSSR count). The molecule has 1 fully saturated rings. The fraction of sp³-hybridized carbons (Fsp3) is 0.435. The first kappa shape index (κ1) is 19.3. The highest BCUT2D eigenvalue weighted by molar-refractivity contribution is 5.78. The van der Waals surface area contributed by atoms with E-state index in [4.69, 9.17) is 4.74 Å². The number of anilines is 1. The van der Waals surface area contributed by atoms with Crippen LogP contribution in [0.3, 0.4) is 0 Å². The van der Waals surface area contributed by atoms with Crippen molar-refractivity contribution in [3.63, 3.8) is 0 Å². The van der Waals surface area contributed by atoms with Crippen LogP contribution in [0, 0.1) is 12.8 Å². The van der Waals surface area contributed by atoms with Crippen LogP contribution in [-0.2, 0) is 4.79 Å². The van der Waals surface area contributed by atoms with E-state index >= 15 is 0 Å². The summed E-state index contributed by atoms with van der Waals surface area (Å²) >= 11 is 0. The molecule has 1 aliphatic rings. The highest BCUT2D eigenvalue weighted by atomic mass is 16.5. The van der Waals surface area contributed by atoms with E-state index in [1.165, 1.54) is 24.1 Å². The summed E-state index contributed by atoms with van der Waals surface area (Å²) in [4.78, 5) is 14.6. The number of hydrogen-bond acceptors (Lipinski definition) is 3. The molecule has 0 unspecified atom stereocenters. The standard InChI is InChI=1S/C23H30N2O2/c1-17-6-12-22(13-7-17)27-16-23(26)24-19(3)20-8-10-21(11-9-20)25-14-4-5-18(2)15-25/h6-13,18-19H,4-5,14-16H2,1-3H3,(H,24,26)/t18-,19+/m1/s1. The van der Waals surface area contributed by atoms with Crippen molar-refractivity contribution in [3.8, 4) is 5.75 Å². The van der Waals surface area contributed by atoms with Gasteiger partial charge in [-0.2, -0.15) is 0 Å². The van der Waals surface area contributed by atoms with Gasteiger partial charge in [0.2, 0.25) is 0 Å². The third kappa shape index (κ3) is 5.49. The number of aryl methyl sites for hydroxylation is 1. The van der Waals surface area contributed by atoms with E-state index in [-0.39, 0.29) is 18.6 Å². The van der Waals surface area contributed by atoms with Crippen LogP contribution in [0.4, 0.5) is 5.69 Å². The molecule has 1 amide bonds. The summed E-state index contributed by atoms with van der Waals surface area (Å²) in [6.07, 6.45) is 2.58. The maximum absolute atomic E-state index is 12.2. The Morgan fingerprint density at radius 2 is 1.89 bits per heavy atom. The van der Waals surface area contributed by atoms with Gasteiger partial charge in [0.1, 0.15) is 5.75 Å². The molecule has 0 spiro atoms. The predicted molar refractivity (Wildman–Crippen MR) is 110 cm³/mol. The number of amides is 1. The van der Waals surface area contributed by atoms with Crippen LogP contribution in [0.5, 0.6) is 5.75 Å². The van der Waals surface area contributed by atoms with Gasteiger partial charge in [-0.25, -0.2) is 0 Å². The van der Waals surface area contributed by atoms with Crippen molar-refractivity contribution in [2.75, 3.05) is 24.6 Å². The molecule has 1 N–H and O–H groups in total. The smallest absolute Gasteiger partial charge is 0.258 e. The number of carbonyl (C=O) groups excluding carboxylic acids is 1. The second kappa shape index (κ2) is 8.94. The summed E-state index contributed by atoms with van der Waals surface area (Å²) in [5.74, 6) is 1.35. The highest BCUT2D eigenvalue weighted by Crippen LogP contribution is 2.24. The summed E-state index contributed by atoms with van der Waals surface area (Å²) < 4.78 is 5.55. The molecule has 1 aliphatic heterocycles. The van der Waals surface area contributed by atoms with Crippen molar-refractivity contribution >= 4 is 11.6 Å². The molecule has 144 valence electrons. The van der Waals surface area contributed by atoms with Gasteiger partial charge in [-0.15, -0.1) is 0 Å². The van der Waals surface area contributed by atoms with E-state index in [1.54, 1.807) is 0 Å². The monoisotopic (exact) mass is 366 g/mol. The lowest BCUT2D eigenvalue weighted by atomic mass is 9.99. The van der Waals surface area contributed by atoms with Gasteiger partial charge in [-0.3, -0.25) is 4.79 Å². The molecule has 4 nitrogen and oxygen atoms in total. The van der Waals surface area contributed by atoms with E-state index in [1.807, 2.05) is 38.1 Å². The minimum Gasteiger partial charge on any atom is -0.484 e. The number of piperidine rings is 1. The van der Waals surface area contributed by atoms with Crippen LogP contribution in [0.2, 0.25) is 0 Å². The van der Waals surface area contributed by atoms with E-state index < -0.39 is 0 Å². The zero-order chi connectivity index (χ0) is 19.2. The number of nitrogens with one attached hydrogen (secondary N) is 1. The SMILES string of the molecule is Cc1ccc(OCC(=O)N[C@@H](C)c2ccc(N3CCC[C@@H](C)C3)cc2)cc1. The van der Waals surface area contributed by atoms with E-state index in [9.17, 15) is 4.79 Å². The first-order chi connectivity index (χ1) is 13.0. The fourth-order valence-corrected chi connectivity index (χ4v) is 3.55. The number of nitrogens with zero attached hydrogens (tertiary/aromatic N) is 1. The van der Waals surface area contributed by atoms with Crippen molar-refractivity contribution in [2.45, 2.75) is 39.7 Å². The van der Waals surface area contributed by atoms with Crippen LogP contribution >= 0.6 is 0 Å². The zero-order valence-electron chi connectivity index (χ0n) is 16.6. The zero-order valence-corrected chi connectivity index (χ0v) is 16.6. The fourth-order valence-electron chi connectivity index (χ4n) is 3.55. The third-order valence-electron chi connectivity index (χ3n) is 5.18. The van der Waals surface area contributed by atoms with Crippen molar-refractivity contribution in [1.29, 1.82) is 0 Å². The Bertz CT molecular complexity index is 740. The van der Waals surface area contributed by atoms with Crippen LogP contribution in [0.15, 0.2) is 48.5 Å². The second-order valence-corrected chi connectivity index (χ2v) is 7.68. The molecule has 0 bridgehead atoms. The van der Waals surface area contributed by atoms with Gasteiger partial charge in [0.25, 0.3) is 5.91 Å². The Morgan fingerprint density at radius 3 is 2.56 bits per heavy atom. The molecule has 2 atom stereocenters. The topological polar surface area (TPSA) is 41.6 Å². The quantitative estimate of drug-likeness (QED) is 0.819. The van der Waals surface area contributed by atoms with Crippen LogP contribution < -0.4 is 15.0 Å². The van der Waals surface area contributed by atoms with Gasteiger partial charge in [-0.1, -0.05) is 36.8 Å². The normalized spacial score (nSPS) is 18.0. The highest BCUT2D eigenvalue weighted by Gasteiger charge is 2.17. The molecular weight excluding hydrogens is 336 g/mol. The Balaban J connectivity index is 1.50. The van der Waals surface area contributed by atoms with Crippen molar-refractivity contribution in [3.05, 3.63) is 59.7 Å². The molecule has 0 aliphatic carbocycles. The van der Waals surface area contributed by atoms with Crippen LogP contribution in [0.1, 0.15) is 43.9 Å². The third-order valence-corrected chi connectivity index (χ3v) is 5.18. The Hall–Kier alpha value is -2.49. The summed E-state index contributed by atoms with van der Waals surface area (Å²) in [6.45, 7) is 8.62. The first-order valence-corrected chi connectivity index (χ1v) is 9.85. The number of ether oxygens (including phenoxy) is 1. The maximum atomic E-state index is 12.2. The van der Waals surface area contributed by atoms with Gasteiger partial charge in [0, 0.05) is 18.8 Å². The van der Waals surface area contributed by atoms with Gasteiger partial charge in [-0.05, 0) is 62.4 Å². The predicted octanol–water partition coefficient (Wildman–Crippen LogP) is 4.49. The maximum Gasteiger partial charge on any atom is 0.258 e. The minimum atomic E-state index is -0.114. The molecule has 1 heterocycles. The summed E-state index contributed by atoms with van der Waals surface area (Å²) in [5, 5.41) is 3.01. The minimum absolute atomic E-state index is 0.0250. The van der Waals surface area contributed by atoms with Crippen LogP contribution in [0.25, 0.3) is 0 Å². The Kier molecular flexibility index (Phi) is 6.38. The van der Waals surface area contributed by atoms with Gasteiger partial charge >= 0.3 is 0 Å². The molecule has 4 heteroatoms. The second-order valence-electron chi connectivity index (χ2n) is 7.68. The Morgan fingerprint density at radius 1 is 1.19 bits per heavy atom. The van der Waals surface area contributed by atoms with Gasteiger partial charge in [0.15, 0.2) is 6.61 Å². The molecule has 27 heavy (non-hydrogen) atoms. The first-order valence-electron chi connectivity index (χ1n) is 9.85. The van der Waals surface area contributed by atoms with E-state index in [0.717, 1.165) is 24.6 Å². The molecule has 2 aromatic rings. The number of benzene rings is 2. The number of rotatable bonds is 6. The van der Waals surface area contributed by atoms with E-state index in [2.05, 4.69) is 41.4 Å². The number of carbonyl (C=O) groups is 1. The molecule has 2 aromatic carbocycles. The molecular formula is C23H30N2O2. The number of hydrogen-bond donors (Lipinski definition) is 1. The molecule has 0 radical (unpaired) electrons. The lowest BCUT2D eigenvalue weighted by Gasteiger charge is -2.33. The van der Waals surface area contributed by atoms with Crippen LogP contribution in [-0.4, -0.2) is 25.6 Å². The summed E-state index contributed by atoms with van der Waals surface area (Å²) in [7, 11) is 0. The summed E-state index contributed by atoms with van der Waals surface area (Å²) in [5.41, 5.74) is 3.54. The van der Waals surface area contributed by atoms with Crippen molar-refractivity contribution in [1.82, 2.24) is 5.32 Å². The van der Waals surface area contributed by atoms with E-state index in [0.29, 0.717) is 5.75 Å². The average Bonchev–Trinajstić information content (AvgIpc) is 2.67. The lowest BCUT2D eigenvalue weighted by molar-refractivity contribution is -0.123. The lowest BCUT2D eigenvalue weighted by Crippen LogP contribution is -2.34. The Labute approximate surface area is 162 Å². The van der Waals surface area contributed by atoms with Gasteiger partial charge in [0.05, 0.1) is 6.04 Å². The van der Waals surface area contributed by atoms with Crippen molar-refractivity contribution in [2.24, 2.45) is 5.92 Å². The largest absolute Gasteiger partial charge is 0.484 e. The van der Waals surface area contributed by atoms with Gasteiger partial charge < -0.3 is 15.0 Å². The molecule has 0 aromatic heterocycles.